The molecule has 15 rings (SSSR count). The van der Waals surface area contributed by atoms with Crippen LogP contribution in [0, 0.1) is 69.2 Å². The van der Waals surface area contributed by atoms with Crippen LogP contribution in [-0.2, 0) is 43.5 Å². The van der Waals surface area contributed by atoms with Crippen molar-refractivity contribution in [1.29, 1.82) is 15.8 Å². The zero-order chi connectivity index (χ0) is 80.6. The van der Waals surface area contributed by atoms with Crippen molar-refractivity contribution < 1.29 is 66.1 Å². The molecule has 0 saturated carbocycles. The molecule has 3 atom stereocenters. The lowest BCUT2D eigenvalue weighted by Gasteiger charge is -2.31. The summed E-state index contributed by atoms with van der Waals surface area (Å²) in [7, 11) is 0. The van der Waals surface area contributed by atoms with Gasteiger partial charge in [0.1, 0.15) is 28.7 Å². The molecule has 3 fully saturated rings. The largest absolute Gasteiger partial charge is 0.481 e. The number of anilines is 3. The maximum absolute atomic E-state index is 15.0. The molecule has 3 unspecified atom stereocenters. The van der Waals surface area contributed by atoms with Crippen LogP contribution in [-0.4, -0.2) is 157 Å². The van der Waals surface area contributed by atoms with E-state index in [9.17, 15) is 63.6 Å². The zero-order valence-corrected chi connectivity index (χ0v) is 62.2. The number of rotatable bonds is 12. The lowest BCUT2D eigenvalue weighted by atomic mass is 9.98. The van der Waals surface area contributed by atoms with Crippen LogP contribution in [0.2, 0.25) is 0 Å². The fourth-order valence-corrected chi connectivity index (χ4v) is 14.3. The van der Waals surface area contributed by atoms with Crippen LogP contribution in [0.4, 0.5) is 40.2 Å². The highest BCUT2D eigenvalue weighted by atomic mass is 19.1. The number of carbonyl (C=O) groups excluding carboxylic acids is 7. The summed E-state index contributed by atoms with van der Waals surface area (Å²) >= 11 is 0. The number of carboxylic acids is 1. The lowest BCUT2D eigenvalue weighted by Crippen LogP contribution is -2.41. The average Bonchev–Trinajstić information content (AvgIpc) is 1.70. The molecule has 12 heterocycles. The first-order valence-corrected chi connectivity index (χ1v) is 36.2. The monoisotopic (exact) mass is 1540 g/mol. The SMILES string of the molecule is CC(C)(C)OC(=O)N1Cc2nc(-c3c(F)cccc3C#N)cc(-n3ccc(N4CCCC(C(=O)O)C4)n3)c2C1=O.CC(C)(C)OC(=O)N1Cc2nc(-c3c(F)cccc3C#N)cc(-n3ccc(N4CCCC(C(N)=O)C4)n3)c2C1=O.N#Cc1cccc(F)c1-c1cc(-n2ccc(N3CCCC(C(N)=O)C3)n2)c2c(n1)CNC2=O. The van der Waals surface area contributed by atoms with Crippen molar-refractivity contribution in [3.05, 3.63) is 178 Å². The third kappa shape index (κ3) is 16.0. The molecule has 6 N–H and O–H groups in total. The molecule has 6 aliphatic rings. The number of aromatic nitrogens is 9. The van der Waals surface area contributed by atoms with Gasteiger partial charge in [0.2, 0.25) is 11.8 Å². The minimum atomic E-state index is -0.869. The normalized spacial score (nSPS) is 17.1. The smallest absolute Gasteiger partial charge is 0.417 e. The number of halogens is 3. The zero-order valence-electron chi connectivity index (χ0n) is 62.2. The number of nitrogens with two attached hydrogens (primary N) is 2. The lowest BCUT2D eigenvalue weighted by molar-refractivity contribution is -0.142. The number of nitriles is 3. The number of imide groups is 2. The van der Waals surface area contributed by atoms with E-state index in [0.29, 0.717) is 79.8 Å². The fourth-order valence-electron chi connectivity index (χ4n) is 14.3. The Balaban J connectivity index is 0.000000149. The number of ether oxygens (including phenoxy) is 2. The molecule has 578 valence electrons. The summed E-state index contributed by atoms with van der Waals surface area (Å²) in [6, 6.07) is 28.2. The highest BCUT2D eigenvalue weighted by molar-refractivity contribution is 6.10. The predicted octanol–water partition coefficient (Wildman–Crippen LogP) is 9.56. The van der Waals surface area contributed by atoms with Gasteiger partial charge in [-0.1, -0.05) is 18.2 Å². The summed E-state index contributed by atoms with van der Waals surface area (Å²) in [6.45, 7) is 13.1. The Kier molecular flexibility index (Phi) is 21.4. The van der Waals surface area contributed by atoms with E-state index in [4.69, 9.17) is 20.9 Å². The van der Waals surface area contributed by atoms with Gasteiger partial charge in [0.25, 0.3) is 17.7 Å². The number of aliphatic carboxylic acids is 1. The van der Waals surface area contributed by atoms with Crippen molar-refractivity contribution in [3.63, 3.8) is 0 Å². The molecule has 0 spiro atoms. The third-order valence-corrected chi connectivity index (χ3v) is 19.7. The minimum Gasteiger partial charge on any atom is -0.481 e. The Morgan fingerprint density at radius 2 is 0.832 bits per heavy atom. The molecule has 34 heteroatoms. The number of carboxylic acid groups (broad SMARTS) is 1. The molecule has 31 nitrogen and oxygen atoms in total. The third-order valence-electron chi connectivity index (χ3n) is 19.7. The molecule has 6 aromatic heterocycles. The second-order valence-electron chi connectivity index (χ2n) is 29.6. The first-order valence-electron chi connectivity index (χ1n) is 36.2. The van der Waals surface area contributed by atoms with Gasteiger partial charge in [-0.3, -0.25) is 28.8 Å². The summed E-state index contributed by atoms with van der Waals surface area (Å²) < 4.78 is 60.0. The minimum absolute atomic E-state index is 0.0232. The second kappa shape index (κ2) is 31.3. The van der Waals surface area contributed by atoms with Crippen LogP contribution in [0.3, 0.4) is 0 Å². The Morgan fingerprint density at radius 1 is 0.496 bits per heavy atom. The highest BCUT2D eigenvalue weighted by Crippen LogP contribution is 2.39. The van der Waals surface area contributed by atoms with Crippen molar-refractivity contribution in [2.24, 2.45) is 29.2 Å². The summed E-state index contributed by atoms with van der Waals surface area (Å²) in [4.78, 5) is 121. The molecule has 7 amide bonds. The molecular formula is C79H75F3N20O11. The van der Waals surface area contributed by atoms with Crippen molar-refractivity contribution in [3.8, 4) is 69.0 Å². The van der Waals surface area contributed by atoms with Gasteiger partial charge in [0.15, 0.2) is 17.5 Å². The first-order chi connectivity index (χ1) is 53.9. The van der Waals surface area contributed by atoms with Crippen LogP contribution in [0.5, 0.6) is 0 Å². The van der Waals surface area contributed by atoms with Gasteiger partial charge in [0.05, 0.1) is 157 Å². The number of carbonyl (C=O) groups is 8. The van der Waals surface area contributed by atoms with Gasteiger partial charge in [-0.05, 0) is 135 Å². The van der Waals surface area contributed by atoms with E-state index in [1.54, 1.807) is 89.1 Å². The number of piperidine rings is 3. The number of nitrogens with zero attached hydrogens (tertiary/aromatic N) is 17. The number of primary amides is 2. The number of fused-ring (bicyclic) bond motifs is 3. The number of benzene rings is 3. The fraction of sp³-hybridized carbons (Fsp3) is 0.329. The van der Waals surface area contributed by atoms with Gasteiger partial charge in [-0.15, -0.1) is 0 Å². The van der Waals surface area contributed by atoms with E-state index < -0.39 is 64.5 Å². The second-order valence-corrected chi connectivity index (χ2v) is 29.6. The van der Waals surface area contributed by atoms with Gasteiger partial charge >= 0.3 is 18.2 Å². The van der Waals surface area contributed by atoms with Gasteiger partial charge in [-0.25, -0.2) is 61.6 Å². The molecule has 3 saturated heterocycles. The van der Waals surface area contributed by atoms with E-state index in [1.165, 1.54) is 76.1 Å². The van der Waals surface area contributed by atoms with E-state index in [2.05, 4.69) is 35.6 Å². The average molecular weight is 1540 g/mol. The maximum atomic E-state index is 15.0. The number of amides is 7. The van der Waals surface area contributed by atoms with Crippen LogP contribution < -0.4 is 31.5 Å². The van der Waals surface area contributed by atoms with E-state index in [0.717, 1.165) is 35.6 Å². The van der Waals surface area contributed by atoms with Crippen molar-refractivity contribution in [2.75, 3.05) is 54.0 Å². The van der Waals surface area contributed by atoms with Crippen LogP contribution in [0.25, 0.3) is 50.8 Å². The Hall–Kier alpha value is -13.8. The Labute approximate surface area is 644 Å². The highest BCUT2D eigenvalue weighted by Gasteiger charge is 2.42. The van der Waals surface area contributed by atoms with E-state index in [1.807, 2.05) is 32.9 Å². The van der Waals surface area contributed by atoms with Crippen molar-refractivity contribution in [1.82, 2.24) is 59.4 Å². The Bertz CT molecular complexity index is 5290. The van der Waals surface area contributed by atoms with Crippen LogP contribution in [0.1, 0.15) is 145 Å². The van der Waals surface area contributed by atoms with Crippen LogP contribution >= 0.6 is 0 Å². The maximum Gasteiger partial charge on any atom is 0.417 e. The molecule has 3 aromatic carbocycles. The number of nitrogens with one attached hydrogen (secondary N) is 1. The summed E-state index contributed by atoms with van der Waals surface area (Å²) in [6.07, 6.45) is 7.57. The van der Waals surface area contributed by atoms with Gasteiger partial charge in [-0.2, -0.15) is 31.1 Å². The molecule has 9 aromatic rings. The standard InChI is InChI=1S/C28H28FN7O4.C28H27FN6O5.C23H20FN7O2/c1-28(2,3)40-27(39)35-15-20-24(26(35)38)21(12-19(32-20)23-16(13-30)6-4-8-18(23)29)36-11-9-22(33-36)34-10-5-7-17(14-34)25(31)37;1-28(2,3)40-27(39)34-15-20-24(25(34)36)21(12-19(31-20)23-16(13-30)6-4-8-18(23)29)35-11-9-22(32-35)33-10-5-7-17(14-33)26(37)38;24-15-5-1-3-13(10-25)20(15)16-9-18(21-17(28-16)11-27-23(21)33)31-8-6-19(29-31)30-7-2-4-14(12-30)22(26)32/h4,6,8-9,11-12,17H,5,7,10,14-15H2,1-3H3,(H2,31,37);4,6,8-9,11-12,17H,5,7,10,14-15H2,1-3H3,(H,37,38);1,3,5-6,8-9,14H,2,4,7,11-12H2,(H2,26,32)(H,27,33). The summed E-state index contributed by atoms with van der Waals surface area (Å²) in [5.41, 5.74) is 12.5. The van der Waals surface area contributed by atoms with Crippen molar-refractivity contribution in [2.45, 2.75) is 111 Å². The molecule has 0 bridgehead atoms. The molecule has 0 radical (unpaired) electrons. The number of pyridine rings is 3. The van der Waals surface area contributed by atoms with E-state index in [-0.39, 0.29) is 140 Å². The topological polar surface area (TPSA) is 419 Å². The molecular weight excluding hydrogens is 1460 g/mol. The molecule has 113 heavy (non-hydrogen) atoms. The quantitative estimate of drug-likeness (QED) is 0.0883. The predicted molar refractivity (Wildman–Crippen MR) is 399 cm³/mol. The summed E-state index contributed by atoms with van der Waals surface area (Å²) in [5.74, 6) is -4.37. The summed E-state index contributed by atoms with van der Waals surface area (Å²) in [5, 5.41) is 54.8. The number of hydrogen-bond acceptors (Lipinski definition) is 22. The molecule has 0 aliphatic carbocycles. The van der Waals surface area contributed by atoms with Gasteiger partial charge < -0.3 is 46.1 Å². The number of hydrogen-bond donors (Lipinski definition) is 4. The first kappa shape index (κ1) is 77.3. The van der Waals surface area contributed by atoms with Crippen molar-refractivity contribution >= 4 is 65.1 Å². The van der Waals surface area contributed by atoms with E-state index >= 15 is 8.78 Å². The van der Waals surface area contributed by atoms with Crippen LogP contribution in [0.15, 0.2) is 110 Å². The molecule has 6 aliphatic heterocycles. The Morgan fingerprint density at radius 3 is 1.17 bits per heavy atom. The van der Waals surface area contributed by atoms with Gasteiger partial charge in [0, 0.05) is 76.1 Å².